The van der Waals surface area contributed by atoms with E-state index in [1.807, 2.05) is 42.8 Å². The fourth-order valence-corrected chi connectivity index (χ4v) is 1.93. The van der Waals surface area contributed by atoms with Crippen LogP contribution in [0.2, 0.25) is 0 Å². The molecule has 100 valence electrons. The third-order valence-electron chi connectivity index (χ3n) is 2.99. The standard InChI is InChI=1S/C14H17N3OS/c1-10-3-4-12(14(15)19)9-13(10)18-8-7-17-6-5-16-11(17)2/h3-6,9H,7-8H2,1-2H3,(H2,15,19). The van der Waals surface area contributed by atoms with Gasteiger partial charge in [-0.2, -0.15) is 0 Å². The van der Waals surface area contributed by atoms with Crippen molar-refractivity contribution in [3.63, 3.8) is 0 Å². The number of aryl methyl sites for hydroxylation is 2. The Balaban J connectivity index is 2.01. The number of benzene rings is 1. The Morgan fingerprint density at radius 2 is 2.21 bits per heavy atom. The molecule has 5 heteroatoms. The number of hydrogen-bond donors (Lipinski definition) is 1. The molecule has 4 nitrogen and oxygen atoms in total. The van der Waals surface area contributed by atoms with Gasteiger partial charge in [0.15, 0.2) is 0 Å². The zero-order chi connectivity index (χ0) is 13.8. The molecule has 0 fully saturated rings. The van der Waals surface area contributed by atoms with Crippen molar-refractivity contribution in [2.24, 2.45) is 5.73 Å². The van der Waals surface area contributed by atoms with Crippen molar-refractivity contribution in [3.8, 4) is 5.75 Å². The molecule has 2 N–H and O–H groups in total. The monoisotopic (exact) mass is 275 g/mol. The van der Waals surface area contributed by atoms with Gasteiger partial charge < -0.3 is 15.0 Å². The molecular weight excluding hydrogens is 258 g/mol. The predicted molar refractivity (Wildman–Crippen MR) is 79.5 cm³/mol. The first kappa shape index (κ1) is 13.5. The van der Waals surface area contributed by atoms with Crippen LogP contribution in [-0.2, 0) is 6.54 Å². The molecule has 0 radical (unpaired) electrons. The zero-order valence-electron chi connectivity index (χ0n) is 11.1. The second kappa shape index (κ2) is 5.84. The maximum atomic E-state index is 5.79. The van der Waals surface area contributed by atoms with Crippen molar-refractivity contribution in [3.05, 3.63) is 47.5 Å². The smallest absolute Gasteiger partial charge is 0.122 e. The average Bonchev–Trinajstić information content (AvgIpc) is 2.77. The molecule has 0 bridgehead atoms. The third-order valence-corrected chi connectivity index (χ3v) is 3.22. The first-order chi connectivity index (χ1) is 9.08. The summed E-state index contributed by atoms with van der Waals surface area (Å²) in [7, 11) is 0. The highest BCUT2D eigenvalue weighted by Crippen LogP contribution is 2.19. The number of nitrogens with two attached hydrogens (primary N) is 1. The SMILES string of the molecule is Cc1ccc(C(N)=S)cc1OCCn1ccnc1C. The van der Waals surface area contributed by atoms with E-state index in [0.717, 1.165) is 29.2 Å². The van der Waals surface area contributed by atoms with Gasteiger partial charge in [-0.1, -0.05) is 24.4 Å². The molecule has 0 aliphatic rings. The van der Waals surface area contributed by atoms with Crippen LogP contribution in [0.3, 0.4) is 0 Å². The highest BCUT2D eigenvalue weighted by atomic mass is 32.1. The Kier molecular flexibility index (Phi) is 4.16. The molecule has 0 aliphatic carbocycles. The molecule has 0 saturated carbocycles. The summed E-state index contributed by atoms with van der Waals surface area (Å²) in [4.78, 5) is 4.56. The number of thiocarbonyl (C=S) groups is 1. The Labute approximate surface area is 118 Å². The van der Waals surface area contributed by atoms with Crippen LogP contribution in [0.15, 0.2) is 30.6 Å². The minimum atomic E-state index is 0.385. The van der Waals surface area contributed by atoms with Gasteiger partial charge in [0.05, 0.1) is 6.54 Å². The normalized spacial score (nSPS) is 10.4. The van der Waals surface area contributed by atoms with Gasteiger partial charge >= 0.3 is 0 Å². The van der Waals surface area contributed by atoms with E-state index in [-0.39, 0.29) is 0 Å². The average molecular weight is 275 g/mol. The number of imidazole rings is 1. The van der Waals surface area contributed by atoms with Gasteiger partial charge in [0.1, 0.15) is 23.2 Å². The minimum Gasteiger partial charge on any atom is -0.491 e. The molecule has 0 aliphatic heterocycles. The van der Waals surface area contributed by atoms with E-state index in [2.05, 4.69) is 4.98 Å². The van der Waals surface area contributed by atoms with Gasteiger partial charge in [0.2, 0.25) is 0 Å². The van der Waals surface area contributed by atoms with Gasteiger partial charge in [0, 0.05) is 18.0 Å². The highest BCUT2D eigenvalue weighted by molar-refractivity contribution is 7.80. The van der Waals surface area contributed by atoms with Crippen LogP contribution < -0.4 is 10.5 Å². The molecule has 0 amide bonds. The van der Waals surface area contributed by atoms with Crippen LogP contribution in [0.25, 0.3) is 0 Å². The lowest BCUT2D eigenvalue weighted by molar-refractivity contribution is 0.295. The van der Waals surface area contributed by atoms with Crippen LogP contribution in [0.5, 0.6) is 5.75 Å². The number of aromatic nitrogens is 2. The van der Waals surface area contributed by atoms with Crippen LogP contribution in [-0.4, -0.2) is 21.1 Å². The highest BCUT2D eigenvalue weighted by Gasteiger charge is 2.04. The Morgan fingerprint density at radius 3 is 2.84 bits per heavy atom. The Hall–Kier alpha value is -1.88. The van der Waals surface area contributed by atoms with E-state index >= 15 is 0 Å². The summed E-state index contributed by atoms with van der Waals surface area (Å²) >= 11 is 4.97. The van der Waals surface area contributed by atoms with Crippen molar-refractivity contribution >= 4 is 17.2 Å². The first-order valence-electron chi connectivity index (χ1n) is 6.09. The lowest BCUT2D eigenvalue weighted by Gasteiger charge is -2.11. The van der Waals surface area contributed by atoms with Crippen molar-refractivity contribution in [2.75, 3.05) is 6.61 Å². The second-order valence-corrected chi connectivity index (χ2v) is 4.80. The summed E-state index contributed by atoms with van der Waals surface area (Å²) < 4.78 is 7.84. The quantitative estimate of drug-likeness (QED) is 0.850. The lowest BCUT2D eigenvalue weighted by atomic mass is 10.1. The molecule has 19 heavy (non-hydrogen) atoms. The molecule has 1 heterocycles. The summed E-state index contributed by atoms with van der Waals surface area (Å²) in [5.74, 6) is 1.81. The van der Waals surface area contributed by atoms with Crippen molar-refractivity contribution in [2.45, 2.75) is 20.4 Å². The molecule has 0 saturated heterocycles. The van der Waals surface area contributed by atoms with Crippen LogP contribution in [0.1, 0.15) is 17.0 Å². The zero-order valence-corrected chi connectivity index (χ0v) is 11.9. The number of rotatable bonds is 5. The summed E-state index contributed by atoms with van der Waals surface area (Å²) in [6, 6.07) is 5.76. The first-order valence-corrected chi connectivity index (χ1v) is 6.50. The van der Waals surface area contributed by atoms with Gasteiger partial charge in [-0.05, 0) is 25.5 Å². The van der Waals surface area contributed by atoms with Crippen LogP contribution in [0, 0.1) is 13.8 Å². The van der Waals surface area contributed by atoms with Crippen LogP contribution >= 0.6 is 12.2 Å². The molecule has 0 atom stereocenters. The van der Waals surface area contributed by atoms with Gasteiger partial charge in [0.25, 0.3) is 0 Å². The number of hydrogen-bond acceptors (Lipinski definition) is 3. The molecule has 1 aromatic heterocycles. The van der Waals surface area contributed by atoms with Gasteiger partial charge in [-0.25, -0.2) is 4.98 Å². The maximum Gasteiger partial charge on any atom is 0.122 e. The predicted octanol–water partition coefficient (Wildman–Crippen LogP) is 2.21. The van der Waals surface area contributed by atoms with E-state index in [9.17, 15) is 0 Å². The fraction of sp³-hybridized carbons (Fsp3) is 0.286. The molecule has 0 unspecified atom stereocenters. The van der Waals surface area contributed by atoms with E-state index in [4.69, 9.17) is 22.7 Å². The third kappa shape index (κ3) is 3.32. The number of nitrogens with zero attached hydrogens (tertiary/aromatic N) is 2. The number of ether oxygens (including phenoxy) is 1. The van der Waals surface area contributed by atoms with E-state index in [1.165, 1.54) is 0 Å². The van der Waals surface area contributed by atoms with E-state index in [0.29, 0.717) is 11.6 Å². The van der Waals surface area contributed by atoms with E-state index in [1.54, 1.807) is 6.20 Å². The molecule has 1 aromatic carbocycles. The molecular formula is C14H17N3OS. The van der Waals surface area contributed by atoms with Crippen molar-refractivity contribution in [1.29, 1.82) is 0 Å². The van der Waals surface area contributed by atoms with Gasteiger partial charge in [-0.3, -0.25) is 0 Å². The summed E-state index contributed by atoms with van der Waals surface area (Å²) in [5, 5.41) is 0. The van der Waals surface area contributed by atoms with Gasteiger partial charge in [-0.15, -0.1) is 0 Å². The Morgan fingerprint density at radius 1 is 1.42 bits per heavy atom. The largest absolute Gasteiger partial charge is 0.491 e. The van der Waals surface area contributed by atoms with Crippen LogP contribution in [0.4, 0.5) is 0 Å². The fourth-order valence-electron chi connectivity index (χ4n) is 1.80. The second-order valence-electron chi connectivity index (χ2n) is 4.36. The molecule has 2 aromatic rings. The van der Waals surface area contributed by atoms with Crippen molar-refractivity contribution in [1.82, 2.24) is 9.55 Å². The summed E-state index contributed by atoms with van der Waals surface area (Å²) in [6.07, 6.45) is 3.73. The molecule has 0 spiro atoms. The van der Waals surface area contributed by atoms with E-state index < -0.39 is 0 Å². The molecule has 2 rings (SSSR count). The summed E-state index contributed by atoms with van der Waals surface area (Å²) in [6.45, 7) is 5.32. The topological polar surface area (TPSA) is 53.1 Å². The lowest BCUT2D eigenvalue weighted by Crippen LogP contribution is -2.12. The Bertz CT molecular complexity index is 592. The maximum absolute atomic E-state index is 5.79. The van der Waals surface area contributed by atoms with Crippen molar-refractivity contribution < 1.29 is 4.74 Å². The summed E-state index contributed by atoms with van der Waals surface area (Å²) in [5.41, 5.74) is 7.52. The minimum absolute atomic E-state index is 0.385.